The first-order valence-electron chi connectivity index (χ1n) is 6.50. The molecule has 1 amide bonds. The number of anilines is 2. The molecule has 0 aliphatic carbocycles. The maximum absolute atomic E-state index is 11.8. The summed E-state index contributed by atoms with van der Waals surface area (Å²) in [4.78, 5) is 11.5. The maximum atomic E-state index is 11.8. The summed E-state index contributed by atoms with van der Waals surface area (Å²) in [6.07, 6.45) is 0. The molecular weight excluding hydrogens is 393 g/mol. The molecule has 2 aromatic carbocycles. The Morgan fingerprint density at radius 2 is 1.83 bits per heavy atom. The van der Waals surface area contributed by atoms with Crippen LogP contribution in [0.3, 0.4) is 0 Å². The summed E-state index contributed by atoms with van der Waals surface area (Å²) < 4.78 is 25.6. The van der Waals surface area contributed by atoms with E-state index >= 15 is 0 Å². The van der Waals surface area contributed by atoms with Crippen molar-refractivity contribution in [2.75, 3.05) is 10.6 Å². The lowest BCUT2D eigenvalue weighted by Crippen LogP contribution is -2.21. The Hall–Kier alpha value is -1.87. The number of carbonyl (C=O) groups excluding carboxylic acids is 1. The average Bonchev–Trinajstić information content (AvgIpc) is 2.71. The van der Waals surface area contributed by atoms with Gasteiger partial charge in [0.1, 0.15) is 4.90 Å². The number of hydrogen-bond acceptors (Lipinski definition) is 4. The Balaban J connectivity index is 1.80. The predicted octanol–water partition coefficient (Wildman–Crippen LogP) is 3.23. The molecule has 0 aromatic heterocycles. The molecule has 1 aliphatic heterocycles. The van der Waals surface area contributed by atoms with E-state index in [1.165, 1.54) is 12.1 Å². The van der Waals surface area contributed by atoms with Crippen molar-refractivity contribution in [1.82, 2.24) is 4.72 Å². The molecule has 10 heteroatoms. The van der Waals surface area contributed by atoms with Crippen LogP contribution in [-0.4, -0.2) is 19.4 Å². The van der Waals surface area contributed by atoms with Crippen LogP contribution < -0.4 is 15.4 Å². The number of carbonyl (C=O) groups is 1. The van der Waals surface area contributed by atoms with Crippen LogP contribution >= 0.6 is 35.4 Å². The van der Waals surface area contributed by atoms with Crippen LogP contribution in [0.15, 0.2) is 41.3 Å². The van der Waals surface area contributed by atoms with Crippen LogP contribution in [0, 0.1) is 0 Å². The van der Waals surface area contributed by atoms with Crippen LogP contribution in [0.4, 0.5) is 11.4 Å². The third-order valence-electron chi connectivity index (χ3n) is 3.18. The summed E-state index contributed by atoms with van der Waals surface area (Å²) in [5.74, 6) is -0.648. The topological polar surface area (TPSA) is 87.3 Å². The van der Waals surface area contributed by atoms with Crippen molar-refractivity contribution in [3.63, 3.8) is 0 Å². The molecule has 0 bridgehead atoms. The fourth-order valence-electron chi connectivity index (χ4n) is 2.12. The zero-order valence-corrected chi connectivity index (χ0v) is 14.9. The molecule has 0 fully saturated rings. The highest BCUT2D eigenvalue weighted by molar-refractivity contribution is 7.90. The minimum absolute atomic E-state index is 0.0928. The number of hydrogen-bond donors (Lipinski definition) is 3. The third kappa shape index (κ3) is 3.32. The van der Waals surface area contributed by atoms with Crippen LogP contribution in [0.5, 0.6) is 0 Å². The van der Waals surface area contributed by atoms with Gasteiger partial charge >= 0.3 is 0 Å². The molecule has 124 valence electrons. The Labute approximate surface area is 153 Å². The molecule has 3 rings (SSSR count). The Kier molecular flexibility index (Phi) is 4.39. The van der Waals surface area contributed by atoms with Gasteiger partial charge in [-0.2, -0.15) is 0 Å². The second kappa shape index (κ2) is 6.21. The van der Waals surface area contributed by atoms with E-state index in [1.54, 1.807) is 24.3 Å². The Morgan fingerprint density at radius 1 is 1.08 bits per heavy atom. The van der Waals surface area contributed by atoms with E-state index < -0.39 is 15.9 Å². The van der Waals surface area contributed by atoms with E-state index in [9.17, 15) is 13.2 Å². The van der Waals surface area contributed by atoms with Crippen LogP contribution in [-0.2, 0) is 10.0 Å². The van der Waals surface area contributed by atoms with E-state index in [-0.39, 0.29) is 15.6 Å². The molecule has 2 aromatic rings. The van der Waals surface area contributed by atoms with Gasteiger partial charge < -0.3 is 10.6 Å². The molecular formula is C14H9Cl2N3O3S2. The second-order valence-corrected chi connectivity index (χ2v) is 7.75. The summed E-state index contributed by atoms with van der Waals surface area (Å²) in [6, 6.07) is 9.17. The quantitative estimate of drug-likeness (QED) is 0.669. The van der Waals surface area contributed by atoms with Crippen molar-refractivity contribution in [3.8, 4) is 0 Å². The summed E-state index contributed by atoms with van der Waals surface area (Å²) in [5, 5.41) is 6.80. The van der Waals surface area contributed by atoms with Gasteiger partial charge in [0.05, 0.1) is 16.3 Å². The molecule has 0 atom stereocenters. The number of nitrogens with one attached hydrogen (secondary N) is 3. The van der Waals surface area contributed by atoms with E-state index in [4.69, 9.17) is 35.4 Å². The summed E-state index contributed by atoms with van der Waals surface area (Å²) in [5.41, 5.74) is 1.06. The first-order chi connectivity index (χ1) is 11.3. The molecule has 0 unspecified atom stereocenters. The molecule has 24 heavy (non-hydrogen) atoms. The maximum Gasteiger partial charge on any atom is 0.266 e. The zero-order chi connectivity index (χ0) is 17.5. The fraction of sp³-hybridized carbons (Fsp3) is 0. The van der Waals surface area contributed by atoms with Gasteiger partial charge in [0, 0.05) is 10.7 Å². The first-order valence-corrected chi connectivity index (χ1v) is 9.15. The van der Waals surface area contributed by atoms with E-state index in [1.807, 2.05) is 4.72 Å². The summed E-state index contributed by atoms with van der Waals surface area (Å²) in [7, 11) is -3.82. The lowest BCUT2D eigenvalue weighted by Gasteiger charge is -2.12. The molecule has 6 nitrogen and oxygen atoms in total. The van der Waals surface area contributed by atoms with Gasteiger partial charge in [0.15, 0.2) is 5.11 Å². The van der Waals surface area contributed by atoms with E-state index in [0.29, 0.717) is 21.4 Å². The number of thiocarbonyl (C=S) groups is 1. The van der Waals surface area contributed by atoms with Crippen LogP contribution in [0.2, 0.25) is 10.0 Å². The second-order valence-electron chi connectivity index (χ2n) is 4.85. The molecule has 0 spiro atoms. The fourth-order valence-corrected chi connectivity index (χ4v) is 4.00. The SMILES string of the molecule is O=C1NS(=O)(=O)c2cc(NC(=S)Nc3ccc(Cl)cc3Cl)ccc21. The lowest BCUT2D eigenvalue weighted by molar-refractivity contribution is 0.0985. The largest absolute Gasteiger partial charge is 0.332 e. The molecule has 0 radical (unpaired) electrons. The first kappa shape index (κ1) is 17.0. The predicted molar refractivity (Wildman–Crippen MR) is 97.4 cm³/mol. The Bertz CT molecular complexity index is 977. The van der Waals surface area contributed by atoms with Crippen molar-refractivity contribution in [1.29, 1.82) is 0 Å². The average molecular weight is 402 g/mol. The van der Waals surface area contributed by atoms with Crippen LogP contribution in [0.25, 0.3) is 0 Å². The van der Waals surface area contributed by atoms with Crippen molar-refractivity contribution in [2.45, 2.75) is 4.90 Å². The molecule has 1 heterocycles. The minimum atomic E-state index is -3.82. The van der Waals surface area contributed by atoms with Gasteiger partial charge in [0.2, 0.25) is 0 Å². The highest BCUT2D eigenvalue weighted by Crippen LogP contribution is 2.27. The van der Waals surface area contributed by atoms with Crippen molar-refractivity contribution in [2.24, 2.45) is 0 Å². The van der Waals surface area contributed by atoms with Crippen LogP contribution in [0.1, 0.15) is 10.4 Å². The third-order valence-corrected chi connectivity index (χ3v) is 5.30. The molecule has 1 aliphatic rings. The van der Waals surface area contributed by atoms with Gasteiger partial charge in [0.25, 0.3) is 15.9 Å². The number of benzene rings is 2. The van der Waals surface area contributed by atoms with Gasteiger partial charge in [-0.3, -0.25) is 4.79 Å². The van der Waals surface area contributed by atoms with Gasteiger partial charge in [-0.05, 0) is 48.6 Å². The minimum Gasteiger partial charge on any atom is -0.332 e. The van der Waals surface area contributed by atoms with Crippen molar-refractivity contribution < 1.29 is 13.2 Å². The number of amides is 1. The van der Waals surface area contributed by atoms with Gasteiger partial charge in [-0.25, -0.2) is 13.1 Å². The van der Waals surface area contributed by atoms with E-state index in [2.05, 4.69) is 10.6 Å². The number of rotatable bonds is 2. The lowest BCUT2D eigenvalue weighted by atomic mass is 10.2. The number of fused-ring (bicyclic) bond motifs is 1. The molecule has 0 saturated carbocycles. The summed E-state index contributed by atoms with van der Waals surface area (Å²) >= 11 is 17.0. The van der Waals surface area contributed by atoms with Crippen molar-refractivity contribution >= 4 is 67.8 Å². The normalized spacial score (nSPS) is 14.7. The highest BCUT2D eigenvalue weighted by Gasteiger charge is 2.32. The molecule has 0 saturated heterocycles. The Morgan fingerprint density at radius 3 is 2.54 bits per heavy atom. The van der Waals surface area contributed by atoms with Crippen molar-refractivity contribution in [3.05, 3.63) is 52.0 Å². The highest BCUT2D eigenvalue weighted by atomic mass is 35.5. The standard InChI is InChI=1S/C14H9Cl2N3O3S2/c15-7-1-4-11(10(16)5-7)18-14(23)17-8-2-3-9-12(6-8)24(21,22)19-13(9)20/h1-6H,(H,19,20)(H2,17,18,23). The monoisotopic (exact) mass is 401 g/mol. The smallest absolute Gasteiger partial charge is 0.266 e. The molecule has 3 N–H and O–H groups in total. The van der Waals surface area contributed by atoms with Gasteiger partial charge in [-0.15, -0.1) is 0 Å². The van der Waals surface area contributed by atoms with E-state index in [0.717, 1.165) is 0 Å². The van der Waals surface area contributed by atoms with Gasteiger partial charge in [-0.1, -0.05) is 23.2 Å². The summed E-state index contributed by atoms with van der Waals surface area (Å²) in [6.45, 7) is 0. The number of halogens is 2. The number of sulfonamides is 1. The zero-order valence-electron chi connectivity index (χ0n) is 11.8.